The first-order valence-corrected chi connectivity index (χ1v) is 27.7. The molecule has 6 nitrogen and oxygen atoms in total. The fraction of sp³-hybridized carbons (Fsp3) is 0.763. The first kappa shape index (κ1) is 62.3. The molecule has 0 aromatic rings. The van der Waals surface area contributed by atoms with Crippen LogP contribution in [0.5, 0.6) is 0 Å². The fourth-order valence-corrected chi connectivity index (χ4v) is 8.10. The van der Waals surface area contributed by atoms with Gasteiger partial charge in [-0.2, -0.15) is 0 Å². The van der Waals surface area contributed by atoms with Crippen LogP contribution in [-0.4, -0.2) is 46.9 Å². The van der Waals surface area contributed by atoms with E-state index in [4.69, 9.17) is 4.74 Å². The van der Waals surface area contributed by atoms with Crippen molar-refractivity contribution in [1.29, 1.82) is 0 Å². The second-order valence-electron chi connectivity index (χ2n) is 18.6. The number of aliphatic hydroxyl groups is 2. The van der Waals surface area contributed by atoms with Crippen molar-refractivity contribution in [3.8, 4) is 0 Å². The first-order valence-electron chi connectivity index (χ1n) is 27.7. The lowest BCUT2D eigenvalue weighted by molar-refractivity contribution is -0.150. The molecule has 3 atom stereocenters. The lowest BCUT2D eigenvalue weighted by Crippen LogP contribution is -2.46. The highest BCUT2D eigenvalue weighted by Crippen LogP contribution is 2.17. The van der Waals surface area contributed by atoms with Gasteiger partial charge in [-0.15, -0.1) is 0 Å². The highest BCUT2D eigenvalue weighted by Gasteiger charge is 2.23. The number of hydrogen-bond donors (Lipinski definition) is 3. The Bertz CT molecular complexity index is 1200. The summed E-state index contributed by atoms with van der Waals surface area (Å²) in [5.41, 5.74) is 0. The van der Waals surface area contributed by atoms with Gasteiger partial charge in [0.1, 0.15) is 6.10 Å². The van der Waals surface area contributed by atoms with Crippen LogP contribution < -0.4 is 5.32 Å². The number of carbonyl (C=O) groups is 2. The smallest absolute Gasteiger partial charge is 0.306 e. The van der Waals surface area contributed by atoms with Crippen molar-refractivity contribution in [1.82, 2.24) is 5.32 Å². The van der Waals surface area contributed by atoms with E-state index in [1.807, 2.05) is 6.08 Å². The maximum absolute atomic E-state index is 13.2. The van der Waals surface area contributed by atoms with Crippen molar-refractivity contribution in [2.45, 2.75) is 283 Å². The van der Waals surface area contributed by atoms with Gasteiger partial charge in [-0.3, -0.25) is 9.59 Å². The largest absolute Gasteiger partial charge is 0.461 e. The predicted molar refractivity (Wildman–Crippen MR) is 282 cm³/mol. The summed E-state index contributed by atoms with van der Waals surface area (Å²) >= 11 is 0. The number of aliphatic hydroxyl groups excluding tert-OH is 2. The van der Waals surface area contributed by atoms with Crippen LogP contribution in [0.4, 0.5) is 0 Å². The third kappa shape index (κ3) is 47.6. The third-order valence-electron chi connectivity index (χ3n) is 12.3. The number of amides is 1. The van der Waals surface area contributed by atoms with Crippen molar-refractivity contribution >= 4 is 11.9 Å². The zero-order valence-electron chi connectivity index (χ0n) is 42.9. The van der Waals surface area contributed by atoms with Crippen molar-refractivity contribution in [2.24, 2.45) is 0 Å². The van der Waals surface area contributed by atoms with E-state index in [1.54, 1.807) is 0 Å². The Kier molecular flexibility index (Phi) is 50.1. The molecule has 0 saturated heterocycles. The van der Waals surface area contributed by atoms with Crippen molar-refractivity contribution < 1.29 is 24.5 Å². The maximum atomic E-state index is 13.2. The van der Waals surface area contributed by atoms with Gasteiger partial charge in [-0.25, -0.2) is 0 Å². The standard InChI is InChI=1S/C59H105NO5/c1-4-7-10-13-16-19-22-25-28-29-31-34-37-40-43-46-49-52-59(64)65-55(50-47-44-41-38-35-32-30-26-23-20-17-14-11-8-5-2)53-58(63)60-56(54-61)57(62)51-48-45-42-39-36-33-27-24-21-18-15-12-9-6-3/h8,11,17,20,25-26,28,30,35,38,44,47,55-57,61-62H,4-7,9-10,12-16,18-19,21-24,27,29,31-34,36-37,39-43,45-46,48-54H2,1-3H3,(H,60,63)/b11-8-,20-17-,28-25+,30-26-,38-35-,47-44-. The number of hydrogen-bond acceptors (Lipinski definition) is 5. The Hall–Kier alpha value is -2.70. The number of carbonyl (C=O) groups excluding carboxylic acids is 2. The SMILES string of the molecule is CC/C=C\C/C=C\C/C=C\C/C=C\C/C=C\CC(CC(=O)NC(CO)C(O)CCCCCCCCCCCCCCCC)OC(=O)CCCCCCCCC/C=C/CCCCCCCC. The van der Waals surface area contributed by atoms with E-state index in [0.29, 0.717) is 19.3 Å². The van der Waals surface area contributed by atoms with E-state index in [1.165, 1.54) is 148 Å². The first-order chi connectivity index (χ1) is 32.0. The van der Waals surface area contributed by atoms with Gasteiger partial charge in [-0.05, 0) is 70.6 Å². The number of rotatable bonds is 49. The lowest BCUT2D eigenvalue weighted by Gasteiger charge is -2.24. The molecule has 0 aliphatic rings. The molecule has 3 unspecified atom stereocenters. The molecule has 0 aliphatic heterocycles. The molecule has 0 fully saturated rings. The minimum Gasteiger partial charge on any atom is -0.461 e. The summed E-state index contributed by atoms with van der Waals surface area (Å²) in [5, 5.41) is 23.8. The van der Waals surface area contributed by atoms with Crippen LogP contribution in [0.3, 0.4) is 0 Å². The number of unbranched alkanes of at least 4 members (excludes halogenated alkanes) is 26. The van der Waals surface area contributed by atoms with Gasteiger partial charge in [0.05, 0.1) is 25.2 Å². The zero-order chi connectivity index (χ0) is 47.4. The van der Waals surface area contributed by atoms with Crippen LogP contribution in [0.15, 0.2) is 72.9 Å². The second-order valence-corrected chi connectivity index (χ2v) is 18.6. The summed E-state index contributed by atoms with van der Waals surface area (Å²) < 4.78 is 5.88. The van der Waals surface area contributed by atoms with Crippen LogP contribution in [-0.2, 0) is 14.3 Å². The Morgan fingerprint density at radius 1 is 0.477 bits per heavy atom. The van der Waals surface area contributed by atoms with Gasteiger partial charge in [0.2, 0.25) is 5.91 Å². The number of ether oxygens (including phenoxy) is 1. The van der Waals surface area contributed by atoms with E-state index in [0.717, 1.165) is 70.6 Å². The molecule has 1 amide bonds. The normalized spacial score (nSPS) is 13.7. The molecule has 0 radical (unpaired) electrons. The van der Waals surface area contributed by atoms with Crippen molar-refractivity contribution in [2.75, 3.05) is 6.61 Å². The Labute approximate surface area is 402 Å². The molecule has 0 saturated carbocycles. The topological polar surface area (TPSA) is 95.9 Å². The van der Waals surface area contributed by atoms with Crippen LogP contribution in [0, 0.1) is 0 Å². The van der Waals surface area contributed by atoms with Gasteiger partial charge >= 0.3 is 5.97 Å². The van der Waals surface area contributed by atoms with E-state index in [-0.39, 0.29) is 24.9 Å². The fourth-order valence-electron chi connectivity index (χ4n) is 8.10. The highest BCUT2D eigenvalue weighted by atomic mass is 16.5. The summed E-state index contributed by atoms with van der Waals surface area (Å²) in [6.45, 7) is 6.35. The second kappa shape index (κ2) is 52.3. The van der Waals surface area contributed by atoms with Gasteiger partial charge in [0.25, 0.3) is 0 Å². The van der Waals surface area contributed by atoms with Gasteiger partial charge < -0.3 is 20.3 Å². The molecule has 0 spiro atoms. The van der Waals surface area contributed by atoms with Crippen molar-refractivity contribution in [3.63, 3.8) is 0 Å². The molecular formula is C59H105NO5. The highest BCUT2D eigenvalue weighted by molar-refractivity contribution is 5.77. The summed E-state index contributed by atoms with van der Waals surface area (Å²) in [5.74, 6) is -0.582. The minimum absolute atomic E-state index is 0.00361. The molecule has 0 rings (SSSR count). The number of allylic oxidation sites excluding steroid dienone is 11. The maximum Gasteiger partial charge on any atom is 0.306 e. The van der Waals surface area contributed by atoms with Crippen molar-refractivity contribution in [3.05, 3.63) is 72.9 Å². The summed E-state index contributed by atoms with van der Waals surface area (Å²) in [4.78, 5) is 26.2. The molecule has 0 aliphatic carbocycles. The molecule has 0 aromatic carbocycles. The van der Waals surface area contributed by atoms with Crippen LogP contribution in [0.25, 0.3) is 0 Å². The Morgan fingerprint density at radius 2 is 0.862 bits per heavy atom. The molecular weight excluding hydrogens is 803 g/mol. The summed E-state index contributed by atoms with van der Waals surface area (Å²) in [6.07, 6.45) is 66.9. The number of esters is 1. The molecule has 3 N–H and O–H groups in total. The van der Waals surface area contributed by atoms with Gasteiger partial charge in [0.15, 0.2) is 0 Å². The summed E-state index contributed by atoms with van der Waals surface area (Å²) in [6, 6.07) is -0.735. The van der Waals surface area contributed by atoms with E-state index >= 15 is 0 Å². The molecule has 0 heterocycles. The predicted octanol–water partition coefficient (Wildman–Crippen LogP) is 17.0. The third-order valence-corrected chi connectivity index (χ3v) is 12.3. The summed E-state index contributed by atoms with van der Waals surface area (Å²) in [7, 11) is 0. The van der Waals surface area contributed by atoms with Crippen LogP contribution >= 0.6 is 0 Å². The molecule has 65 heavy (non-hydrogen) atoms. The average Bonchev–Trinajstić information content (AvgIpc) is 3.30. The monoisotopic (exact) mass is 908 g/mol. The minimum atomic E-state index is -0.815. The average molecular weight is 908 g/mol. The Balaban J connectivity index is 4.68. The van der Waals surface area contributed by atoms with Crippen LogP contribution in [0.2, 0.25) is 0 Å². The Morgan fingerprint density at radius 3 is 1.29 bits per heavy atom. The molecule has 376 valence electrons. The lowest BCUT2D eigenvalue weighted by atomic mass is 10.0. The van der Waals surface area contributed by atoms with Crippen LogP contribution in [0.1, 0.15) is 265 Å². The van der Waals surface area contributed by atoms with E-state index < -0.39 is 18.2 Å². The quantitative estimate of drug-likeness (QED) is 0.0321. The van der Waals surface area contributed by atoms with E-state index in [2.05, 4.69) is 92.9 Å². The molecule has 0 aromatic heterocycles. The van der Waals surface area contributed by atoms with Gasteiger partial charge in [0, 0.05) is 12.8 Å². The molecule has 6 heteroatoms. The van der Waals surface area contributed by atoms with E-state index in [9.17, 15) is 19.8 Å². The zero-order valence-corrected chi connectivity index (χ0v) is 42.9. The number of nitrogens with one attached hydrogen (secondary N) is 1. The van der Waals surface area contributed by atoms with Gasteiger partial charge in [-0.1, -0.05) is 248 Å². The molecule has 0 bridgehead atoms.